The minimum atomic E-state index is -0.882. The van der Waals surface area contributed by atoms with Gasteiger partial charge in [-0.05, 0) is 64.2 Å². The number of likely N-dealkylation sites (N-methyl/N-ethyl adjacent to an activating group) is 1. The van der Waals surface area contributed by atoms with E-state index in [0.29, 0.717) is 19.3 Å². The number of carbonyl (C=O) groups is 3. The zero-order valence-corrected chi connectivity index (χ0v) is 36.6. The largest absolute Gasteiger partial charge is 0.477 e. The first-order valence-electron chi connectivity index (χ1n) is 22.3. The summed E-state index contributed by atoms with van der Waals surface area (Å²) in [7, 11) is 5.51. The van der Waals surface area contributed by atoms with E-state index < -0.39 is 18.1 Å². The topological polar surface area (TPSA) is 99.1 Å². The van der Waals surface area contributed by atoms with Gasteiger partial charge in [-0.1, -0.05) is 152 Å². The van der Waals surface area contributed by atoms with Crippen LogP contribution >= 0.6 is 0 Å². The van der Waals surface area contributed by atoms with Crippen LogP contribution in [0.3, 0.4) is 0 Å². The molecule has 0 saturated heterocycles. The molecule has 0 aromatic rings. The lowest BCUT2D eigenvalue weighted by molar-refractivity contribution is -0.887. The van der Waals surface area contributed by atoms with E-state index in [9.17, 15) is 19.5 Å². The Labute approximate surface area is 343 Å². The zero-order chi connectivity index (χ0) is 41.4. The number of unbranched alkanes of at least 4 members (excludes halogenated alkanes) is 16. The number of rotatable bonds is 39. The van der Waals surface area contributed by atoms with Crippen molar-refractivity contribution in [3.8, 4) is 0 Å². The van der Waals surface area contributed by atoms with Gasteiger partial charge in [0.2, 0.25) is 0 Å². The molecule has 322 valence electrons. The fourth-order valence-electron chi connectivity index (χ4n) is 6.20. The molecule has 2 atom stereocenters. The molecule has 0 aliphatic heterocycles. The summed E-state index contributed by atoms with van der Waals surface area (Å²) in [4.78, 5) is 36.9. The molecule has 0 aromatic carbocycles. The van der Waals surface area contributed by atoms with Crippen molar-refractivity contribution in [1.29, 1.82) is 0 Å². The maximum Gasteiger partial charge on any atom is 0.362 e. The molecule has 0 aliphatic carbocycles. The smallest absolute Gasteiger partial charge is 0.362 e. The molecule has 2 unspecified atom stereocenters. The molecule has 0 spiro atoms. The highest BCUT2D eigenvalue weighted by molar-refractivity contribution is 5.72. The molecule has 0 aromatic heterocycles. The van der Waals surface area contributed by atoms with Crippen LogP contribution in [0, 0.1) is 0 Å². The normalized spacial score (nSPS) is 13.5. The van der Waals surface area contributed by atoms with E-state index >= 15 is 0 Å². The minimum Gasteiger partial charge on any atom is -0.477 e. The van der Waals surface area contributed by atoms with E-state index in [1.807, 2.05) is 21.1 Å². The minimum absolute atomic E-state index is 0.0478. The average Bonchev–Trinajstić information content (AvgIpc) is 3.15. The first kappa shape index (κ1) is 53.0. The van der Waals surface area contributed by atoms with Crippen LogP contribution in [0.15, 0.2) is 60.8 Å². The number of nitrogens with zero attached hydrogens (tertiary/aromatic N) is 1. The van der Waals surface area contributed by atoms with Crippen molar-refractivity contribution < 1.29 is 38.2 Å². The summed E-state index contributed by atoms with van der Waals surface area (Å²) < 4.78 is 17.2. The van der Waals surface area contributed by atoms with Crippen molar-refractivity contribution in [3.63, 3.8) is 0 Å². The summed E-state index contributed by atoms with van der Waals surface area (Å²) in [5, 5.41) is 9.61. The predicted octanol–water partition coefficient (Wildman–Crippen LogP) is 12.2. The number of carboxylic acids is 1. The molecule has 1 N–H and O–H groups in total. The van der Waals surface area contributed by atoms with Crippen LogP contribution in [0.25, 0.3) is 0 Å². The first-order chi connectivity index (χ1) is 27.1. The number of hydrogen-bond donors (Lipinski definition) is 1. The average molecular weight is 787 g/mol. The van der Waals surface area contributed by atoms with Crippen molar-refractivity contribution in [2.75, 3.05) is 41.0 Å². The number of quaternary nitrogens is 1. The fraction of sp³-hybridized carbons (Fsp3) is 0.729. The number of ether oxygens (including phenoxy) is 3. The van der Waals surface area contributed by atoms with E-state index in [0.717, 1.165) is 70.6 Å². The molecule has 56 heavy (non-hydrogen) atoms. The maximum atomic E-state index is 12.7. The van der Waals surface area contributed by atoms with Crippen LogP contribution in [0.5, 0.6) is 0 Å². The van der Waals surface area contributed by atoms with Gasteiger partial charge in [-0.2, -0.15) is 0 Å². The molecule has 0 heterocycles. The van der Waals surface area contributed by atoms with E-state index in [2.05, 4.69) is 74.6 Å². The predicted molar refractivity (Wildman–Crippen MR) is 234 cm³/mol. The molecule has 0 radical (unpaired) electrons. The van der Waals surface area contributed by atoms with Gasteiger partial charge in [0, 0.05) is 19.3 Å². The Balaban J connectivity index is 4.27. The molecule has 0 amide bonds. The summed E-state index contributed by atoms with van der Waals surface area (Å²) in [6.45, 7) is 4.53. The highest BCUT2D eigenvalue weighted by atomic mass is 16.6. The van der Waals surface area contributed by atoms with Crippen molar-refractivity contribution >= 4 is 17.9 Å². The van der Waals surface area contributed by atoms with Crippen LogP contribution in [-0.2, 0) is 28.6 Å². The van der Waals surface area contributed by atoms with Crippen LogP contribution < -0.4 is 0 Å². The summed E-state index contributed by atoms with van der Waals surface area (Å²) in [5.41, 5.74) is 0. The Morgan fingerprint density at radius 2 is 1.05 bits per heavy atom. The summed E-state index contributed by atoms with van der Waals surface area (Å²) in [6.07, 6.45) is 47.0. The first-order valence-corrected chi connectivity index (χ1v) is 22.3. The number of aliphatic carboxylic acids is 1. The van der Waals surface area contributed by atoms with Crippen LogP contribution in [0.4, 0.5) is 0 Å². The lowest BCUT2D eigenvalue weighted by Gasteiger charge is -2.31. The molecule has 0 saturated carbocycles. The second kappa shape index (κ2) is 38.9. The van der Waals surface area contributed by atoms with Crippen molar-refractivity contribution in [3.05, 3.63) is 60.8 Å². The maximum absolute atomic E-state index is 12.7. The third-order valence-electron chi connectivity index (χ3n) is 9.68. The molecule has 8 heteroatoms. The Morgan fingerprint density at radius 3 is 1.61 bits per heavy atom. The molecular formula is C48H84NO7+. The molecule has 0 aliphatic rings. The van der Waals surface area contributed by atoms with E-state index in [-0.39, 0.29) is 36.2 Å². The second-order valence-electron chi connectivity index (χ2n) is 15.9. The lowest BCUT2D eigenvalue weighted by Crippen LogP contribution is -2.50. The van der Waals surface area contributed by atoms with Gasteiger partial charge in [0.15, 0.2) is 12.1 Å². The number of allylic oxidation sites excluding steroid dienone is 10. The monoisotopic (exact) mass is 787 g/mol. The third-order valence-corrected chi connectivity index (χ3v) is 9.68. The van der Waals surface area contributed by atoms with Crippen LogP contribution in [0.2, 0.25) is 0 Å². The Bertz CT molecular complexity index is 1100. The van der Waals surface area contributed by atoms with Gasteiger partial charge in [-0.15, -0.1) is 0 Å². The van der Waals surface area contributed by atoms with Crippen LogP contribution in [-0.4, -0.2) is 80.6 Å². The van der Waals surface area contributed by atoms with Gasteiger partial charge in [0.1, 0.15) is 6.61 Å². The van der Waals surface area contributed by atoms with Crippen molar-refractivity contribution in [2.45, 2.75) is 187 Å². The molecule has 8 nitrogen and oxygen atoms in total. The molecule has 0 bridgehead atoms. The lowest BCUT2D eigenvalue weighted by atomic mass is 10.0. The van der Waals surface area contributed by atoms with Crippen LogP contribution in [0.1, 0.15) is 174 Å². The van der Waals surface area contributed by atoms with Gasteiger partial charge in [0.05, 0.1) is 34.4 Å². The standard InChI is InChI=1S/C48H83NO7/c1-6-8-10-12-14-16-18-19-20-21-22-23-24-25-26-27-29-30-32-34-36-38-46(50)55-43-44(42-54-41-40-45(48(52)53)49(3,4)5)56-47(51)39-37-35-33-31-28-17-15-13-11-9-7-2/h8,10,13-17,19-20,28,44-45H,6-7,9,11-12,18,21-27,29-43H2,1-5H3/p+1/b10-8+,15-13+,16-14+,20-19+,28-17+. The highest BCUT2D eigenvalue weighted by Crippen LogP contribution is 2.14. The fourth-order valence-corrected chi connectivity index (χ4v) is 6.20. The Morgan fingerprint density at radius 1 is 0.571 bits per heavy atom. The molecule has 0 fully saturated rings. The van der Waals surface area contributed by atoms with Crippen molar-refractivity contribution in [1.82, 2.24) is 0 Å². The van der Waals surface area contributed by atoms with Gasteiger partial charge in [-0.3, -0.25) is 9.59 Å². The van der Waals surface area contributed by atoms with Gasteiger partial charge < -0.3 is 23.8 Å². The number of hydrogen-bond acceptors (Lipinski definition) is 6. The van der Waals surface area contributed by atoms with E-state index in [1.54, 1.807) is 0 Å². The molecule has 0 rings (SSSR count). The second-order valence-corrected chi connectivity index (χ2v) is 15.9. The Kier molecular flexibility index (Phi) is 36.8. The SMILES string of the molecule is CC/C=C/C/C=C/C/C=C/CCCCCCCCCCCCCC(=O)OCC(COCCC(C(=O)O)[N+](C)(C)C)OC(=O)CCCCC/C=C/C=C/CCCC. The van der Waals surface area contributed by atoms with Gasteiger partial charge in [0.25, 0.3) is 0 Å². The van der Waals surface area contributed by atoms with Crippen molar-refractivity contribution in [2.24, 2.45) is 0 Å². The highest BCUT2D eigenvalue weighted by Gasteiger charge is 2.31. The summed E-state index contributed by atoms with van der Waals surface area (Å²) in [6, 6.07) is -0.620. The summed E-state index contributed by atoms with van der Waals surface area (Å²) >= 11 is 0. The number of esters is 2. The Hall–Kier alpha value is -2.97. The third kappa shape index (κ3) is 36.7. The van der Waals surface area contributed by atoms with Gasteiger partial charge in [-0.25, -0.2) is 4.79 Å². The number of carbonyl (C=O) groups excluding carboxylic acids is 2. The quantitative estimate of drug-likeness (QED) is 0.0218. The number of carboxylic acid groups (broad SMARTS) is 1. The van der Waals surface area contributed by atoms with E-state index in [4.69, 9.17) is 14.2 Å². The van der Waals surface area contributed by atoms with E-state index in [1.165, 1.54) is 70.6 Å². The molecular weight excluding hydrogens is 703 g/mol. The van der Waals surface area contributed by atoms with Gasteiger partial charge >= 0.3 is 17.9 Å². The zero-order valence-electron chi connectivity index (χ0n) is 36.6. The summed E-state index contributed by atoms with van der Waals surface area (Å²) in [5.74, 6) is -1.51.